The van der Waals surface area contributed by atoms with E-state index in [0.29, 0.717) is 32.2 Å². The minimum Gasteiger partial charge on any atom is -0.393 e. The van der Waals surface area contributed by atoms with E-state index in [1.807, 2.05) is 6.08 Å². The molecule has 0 aromatic carbocycles. The number of allylic oxidation sites excluding steroid dienone is 4. The maximum atomic E-state index is 14.5. The van der Waals surface area contributed by atoms with Gasteiger partial charge in [0, 0.05) is 23.3 Å². The number of ether oxygens (including phenoxy) is 3. The molecule has 0 aromatic heterocycles. The summed E-state index contributed by atoms with van der Waals surface area (Å²) in [6, 6.07) is 0. The van der Waals surface area contributed by atoms with Crippen LogP contribution in [0.5, 0.6) is 0 Å². The van der Waals surface area contributed by atoms with Crippen LogP contribution >= 0.6 is 0 Å². The van der Waals surface area contributed by atoms with Crippen LogP contribution in [-0.4, -0.2) is 84.6 Å². The van der Waals surface area contributed by atoms with Gasteiger partial charge in [0.1, 0.15) is 12.8 Å². The van der Waals surface area contributed by atoms with Gasteiger partial charge in [-0.3, -0.25) is 14.4 Å². The molecule has 0 spiro atoms. The Morgan fingerprint density at radius 2 is 2.05 bits per heavy atom. The predicted molar refractivity (Wildman–Crippen MR) is 155 cm³/mol. The summed E-state index contributed by atoms with van der Waals surface area (Å²) in [7, 11) is 1.75. The van der Waals surface area contributed by atoms with E-state index < -0.39 is 35.7 Å². The second-order valence-corrected chi connectivity index (χ2v) is 13.9. The number of carbonyl (C=O) groups excluding carboxylic acids is 3. The van der Waals surface area contributed by atoms with E-state index in [1.165, 1.54) is 0 Å². The molecule has 2 aliphatic heterocycles. The topological polar surface area (TPSA) is 114 Å². The largest absolute Gasteiger partial charge is 0.393 e. The number of Topliss-reactive ketones (excluding diaryl/α,β-unsaturated/α-hetero) is 1. The number of aliphatic hydroxyl groups excluding tert-OH is 1. The van der Waals surface area contributed by atoms with Crippen molar-refractivity contribution >= 4 is 17.5 Å². The highest BCUT2D eigenvalue weighted by atomic mass is 16.7. The van der Waals surface area contributed by atoms with Gasteiger partial charge >= 0.3 is 0 Å². The number of hydrogen-bond acceptors (Lipinski definition) is 8. The first-order valence-corrected chi connectivity index (χ1v) is 16.1. The number of nitrogens with one attached hydrogen (secondary N) is 1. The van der Waals surface area contributed by atoms with E-state index in [0.717, 1.165) is 37.7 Å². The number of likely N-dealkylation sites (N-methyl/N-ethyl adjacent to an activating group) is 1. The van der Waals surface area contributed by atoms with Gasteiger partial charge in [0.2, 0.25) is 5.91 Å². The summed E-state index contributed by atoms with van der Waals surface area (Å²) in [5.41, 5.74) is -1.13. The number of nitrogens with zero attached hydrogens (tertiary/aromatic N) is 1. The van der Waals surface area contributed by atoms with E-state index >= 15 is 0 Å². The monoisotopic (exact) mass is 584 g/mol. The number of hydrogen-bond donors (Lipinski definition) is 2. The molecule has 232 valence electrons. The molecular weight excluding hydrogens is 536 g/mol. The Morgan fingerprint density at radius 1 is 1.24 bits per heavy atom. The lowest BCUT2D eigenvalue weighted by molar-refractivity contribution is -0.204. The van der Waals surface area contributed by atoms with E-state index in [4.69, 9.17) is 14.2 Å². The molecule has 1 amide bonds. The SMILES string of the molecule is CCCC1O[C@@H]2C[C@H]3[C@@H]4CCC5=CC(=O)C=C[C@]5(C)[C@H]4[C@@H](O)C[C@]3(C)[C@]2(C(=O)COC2CCCCN2C(=O)CNC)O1. The smallest absolute Gasteiger partial charge is 0.238 e. The van der Waals surface area contributed by atoms with Gasteiger partial charge in [-0.1, -0.05) is 38.8 Å². The molecule has 5 fully saturated rings. The van der Waals surface area contributed by atoms with Crippen LogP contribution in [0.15, 0.2) is 23.8 Å². The van der Waals surface area contributed by atoms with Crippen molar-refractivity contribution in [2.45, 2.75) is 109 Å². The predicted octanol–water partition coefficient (Wildman–Crippen LogP) is 3.30. The fraction of sp³-hybridized carbons (Fsp3) is 0.788. The van der Waals surface area contributed by atoms with Crippen LogP contribution in [0, 0.1) is 28.6 Å². The van der Waals surface area contributed by atoms with Gasteiger partial charge in [0.05, 0.1) is 18.8 Å². The summed E-state index contributed by atoms with van der Waals surface area (Å²) in [4.78, 5) is 41.2. The van der Waals surface area contributed by atoms with E-state index in [-0.39, 0.29) is 53.8 Å². The van der Waals surface area contributed by atoms with Gasteiger partial charge < -0.3 is 29.5 Å². The molecule has 2 saturated heterocycles. The number of piperidine rings is 1. The van der Waals surface area contributed by atoms with Crippen LogP contribution in [-0.2, 0) is 28.6 Å². The molecule has 2 heterocycles. The molecule has 42 heavy (non-hydrogen) atoms. The fourth-order valence-corrected chi connectivity index (χ4v) is 9.90. The molecule has 0 radical (unpaired) electrons. The lowest BCUT2D eigenvalue weighted by Gasteiger charge is -2.59. The molecular formula is C33H48N2O7. The maximum absolute atomic E-state index is 14.5. The highest BCUT2D eigenvalue weighted by molar-refractivity contribution is 6.01. The molecule has 2 unspecified atom stereocenters. The molecule has 6 aliphatic rings. The summed E-state index contributed by atoms with van der Waals surface area (Å²) >= 11 is 0. The van der Waals surface area contributed by atoms with E-state index in [9.17, 15) is 19.5 Å². The van der Waals surface area contributed by atoms with Crippen molar-refractivity contribution in [3.05, 3.63) is 23.8 Å². The van der Waals surface area contributed by atoms with Gasteiger partial charge in [-0.15, -0.1) is 0 Å². The van der Waals surface area contributed by atoms with Gasteiger partial charge in [-0.05, 0) is 82.4 Å². The van der Waals surface area contributed by atoms with Gasteiger partial charge in [0.15, 0.2) is 23.5 Å². The molecule has 4 aliphatic carbocycles. The van der Waals surface area contributed by atoms with Gasteiger partial charge in [-0.25, -0.2) is 0 Å². The lowest BCUT2D eigenvalue weighted by atomic mass is 9.46. The third-order valence-electron chi connectivity index (χ3n) is 11.7. The minimum atomic E-state index is -1.21. The first-order chi connectivity index (χ1) is 20.1. The second kappa shape index (κ2) is 11.2. The number of ketones is 2. The molecule has 9 heteroatoms. The van der Waals surface area contributed by atoms with Gasteiger partial charge in [0.25, 0.3) is 0 Å². The molecule has 3 saturated carbocycles. The number of carbonyl (C=O) groups is 3. The molecule has 0 aromatic rings. The van der Waals surface area contributed by atoms with Crippen molar-refractivity contribution in [2.24, 2.45) is 28.6 Å². The Bertz CT molecular complexity index is 1170. The summed E-state index contributed by atoms with van der Waals surface area (Å²) in [5, 5.41) is 14.8. The van der Waals surface area contributed by atoms with Crippen LogP contribution in [0.2, 0.25) is 0 Å². The summed E-state index contributed by atoms with van der Waals surface area (Å²) < 4.78 is 19.6. The normalized spacial score (nSPS) is 44.2. The maximum Gasteiger partial charge on any atom is 0.238 e. The average molecular weight is 585 g/mol. The number of likely N-dealkylation sites (tertiary alicyclic amines) is 1. The van der Waals surface area contributed by atoms with Crippen molar-refractivity contribution in [1.82, 2.24) is 10.2 Å². The van der Waals surface area contributed by atoms with Crippen LogP contribution in [0.4, 0.5) is 0 Å². The van der Waals surface area contributed by atoms with Crippen LogP contribution < -0.4 is 5.32 Å². The van der Waals surface area contributed by atoms with Crippen molar-refractivity contribution in [3.63, 3.8) is 0 Å². The Kier molecular flexibility index (Phi) is 8.05. The van der Waals surface area contributed by atoms with Crippen molar-refractivity contribution < 1.29 is 33.7 Å². The highest BCUT2D eigenvalue weighted by Gasteiger charge is 2.75. The van der Waals surface area contributed by atoms with E-state index in [1.54, 1.807) is 24.1 Å². The number of fused-ring (bicyclic) bond motifs is 7. The van der Waals surface area contributed by atoms with Crippen LogP contribution in [0.25, 0.3) is 0 Å². The molecule has 10 atom stereocenters. The Balaban J connectivity index is 1.29. The Morgan fingerprint density at radius 3 is 2.81 bits per heavy atom. The van der Waals surface area contributed by atoms with Crippen molar-refractivity contribution in [2.75, 3.05) is 26.7 Å². The third-order valence-corrected chi connectivity index (χ3v) is 11.7. The molecule has 9 nitrogen and oxygen atoms in total. The number of rotatable bonds is 8. The summed E-state index contributed by atoms with van der Waals surface area (Å²) in [5.74, 6) is 0.0989. The standard InChI is InChI=1S/C33H48N2O7/c1-5-8-29-41-26-16-23-22-11-10-20-15-21(36)12-13-31(20,2)30(22)24(37)17-32(23,3)33(26,42-29)25(38)19-40-28-9-6-7-14-35(28)27(39)18-34-4/h12-13,15,22-24,26,28-30,34,37H,5-11,14,16-19H2,1-4H3/t22-,23-,24-,26+,28?,29?,30+,31-,32-,33+/m0/s1. The lowest BCUT2D eigenvalue weighted by Crippen LogP contribution is -2.64. The number of aliphatic hydroxyl groups is 1. The van der Waals surface area contributed by atoms with E-state index in [2.05, 4.69) is 26.1 Å². The first kappa shape index (κ1) is 30.1. The van der Waals surface area contributed by atoms with Gasteiger partial charge in [-0.2, -0.15) is 0 Å². The van der Waals surface area contributed by atoms with Crippen LogP contribution in [0.1, 0.15) is 78.6 Å². The average Bonchev–Trinajstić information content (AvgIpc) is 3.44. The molecule has 2 N–H and O–H groups in total. The fourth-order valence-electron chi connectivity index (χ4n) is 9.90. The minimum absolute atomic E-state index is 0.0176. The zero-order chi connectivity index (χ0) is 29.9. The summed E-state index contributed by atoms with van der Waals surface area (Å²) in [6.07, 6.45) is 10.4. The number of amides is 1. The zero-order valence-corrected chi connectivity index (χ0v) is 25.6. The Hall–Kier alpha value is -1.91. The van der Waals surface area contributed by atoms with Crippen molar-refractivity contribution in [3.8, 4) is 0 Å². The van der Waals surface area contributed by atoms with Crippen LogP contribution in [0.3, 0.4) is 0 Å². The Labute approximate surface area is 249 Å². The molecule has 0 bridgehead atoms. The highest BCUT2D eigenvalue weighted by Crippen LogP contribution is 2.69. The quantitative estimate of drug-likeness (QED) is 0.447. The zero-order valence-electron chi connectivity index (χ0n) is 25.6. The third kappa shape index (κ3) is 4.48. The van der Waals surface area contributed by atoms with Crippen molar-refractivity contribution in [1.29, 1.82) is 0 Å². The first-order valence-electron chi connectivity index (χ1n) is 16.1. The second-order valence-electron chi connectivity index (χ2n) is 13.9. The molecule has 6 rings (SSSR count). The summed E-state index contributed by atoms with van der Waals surface area (Å²) in [6.45, 7) is 7.06.